The lowest BCUT2D eigenvalue weighted by Crippen LogP contribution is -2.32. The Morgan fingerprint density at radius 1 is 1.50 bits per heavy atom. The summed E-state index contributed by atoms with van der Waals surface area (Å²) in [6.07, 6.45) is 1.04. The molecule has 0 bridgehead atoms. The summed E-state index contributed by atoms with van der Waals surface area (Å²) >= 11 is 0. The van der Waals surface area contributed by atoms with Crippen LogP contribution in [0.3, 0.4) is 0 Å². The van der Waals surface area contributed by atoms with Crippen LogP contribution in [0.15, 0.2) is 9.52 Å². The van der Waals surface area contributed by atoms with Crippen molar-refractivity contribution >= 4 is 29.9 Å². The smallest absolute Gasteiger partial charge is 0.188 e. The molecule has 0 aromatic carbocycles. The van der Waals surface area contributed by atoms with Gasteiger partial charge in [0.05, 0.1) is 5.69 Å². The molecule has 104 valence electrons. The first-order valence-electron chi connectivity index (χ1n) is 6.02. The lowest BCUT2D eigenvalue weighted by atomic mass is 10.00. The number of nitrogens with one attached hydrogen (secondary N) is 1. The molecule has 3 N–H and O–H groups in total. The highest BCUT2D eigenvalue weighted by Crippen LogP contribution is 2.22. The summed E-state index contributed by atoms with van der Waals surface area (Å²) in [5.41, 5.74) is 7.81. The molecule has 0 fully saturated rings. The second-order valence-corrected chi connectivity index (χ2v) is 4.29. The van der Waals surface area contributed by atoms with Gasteiger partial charge in [-0.1, -0.05) is 19.0 Å². The Labute approximate surface area is 126 Å². The van der Waals surface area contributed by atoms with Crippen LogP contribution in [0.5, 0.6) is 0 Å². The number of aliphatic imine (C=N–C) groups is 1. The summed E-state index contributed by atoms with van der Waals surface area (Å²) in [5.74, 6) is 1.64. The van der Waals surface area contributed by atoms with E-state index in [-0.39, 0.29) is 29.9 Å². The zero-order valence-corrected chi connectivity index (χ0v) is 13.8. The topological polar surface area (TPSA) is 76.4 Å². The fourth-order valence-electron chi connectivity index (χ4n) is 1.83. The fourth-order valence-corrected chi connectivity index (χ4v) is 1.83. The van der Waals surface area contributed by atoms with Crippen LogP contribution in [0.2, 0.25) is 0 Å². The minimum atomic E-state index is 0. The summed E-state index contributed by atoms with van der Waals surface area (Å²) in [6, 6.07) is 0. The van der Waals surface area contributed by atoms with Gasteiger partial charge in [-0.15, -0.1) is 24.0 Å². The van der Waals surface area contributed by atoms with Crippen LogP contribution in [0.25, 0.3) is 0 Å². The molecule has 0 saturated heterocycles. The number of nitrogens with zero attached hydrogens (tertiary/aromatic N) is 2. The highest BCUT2D eigenvalue weighted by Gasteiger charge is 2.15. The zero-order valence-electron chi connectivity index (χ0n) is 11.5. The Morgan fingerprint density at radius 3 is 2.67 bits per heavy atom. The molecule has 1 aromatic heterocycles. The van der Waals surface area contributed by atoms with E-state index in [2.05, 4.69) is 29.3 Å². The van der Waals surface area contributed by atoms with Gasteiger partial charge >= 0.3 is 0 Å². The van der Waals surface area contributed by atoms with Crippen molar-refractivity contribution in [1.82, 2.24) is 10.5 Å². The van der Waals surface area contributed by atoms with Gasteiger partial charge in [-0.25, -0.2) is 0 Å². The molecule has 18 heavy (non-hydrogen) atoms. The molecule has 1 heterocycles. The van der Waals surface area contributed by atoms with Crippen molar-refractivity contribution in [3.63, 3.8) is 0 Å². The van der Waals surface area contributed by atoms with E-state index in [1.807, 2.05) is 13.8 Å². The lowest BCUT2D eigenvalue weighted by molar-refractivity contribution is 0.391. The van der Waals surface area contributed by atoms with E-state index >= 15 is 0 Å². The average Bonchev–Trinajstić information content (AvgIpc) is 2.63. The minimum absolute atomic E-state index is 0. The quantitative estimate of drug-likeness (QED) is 0.477. The third-order valence-corrected chi connectivity index (χ3v) is 2.67. The van der Waals surface area contributed by atoms with Crippen molar-refractivity contribution < 1.29 is 4.52 Å². The molecule has 0 aliphatic heterocycles. The molecular formula is C12H23IN4O. The minimum Gasteiger partial charge on any atom is -0.370 e. The van der Waals surface area contributed by atoms with E-state index in [9.17, 15) is 0 Å². The second-order valence-electron chi connectivity index (χ2n) is 4.29. The number of rotatable bonds is 5. The Balaban J connectivity index is 0.00000289. The molecule has 0 radical (unpaired) electrons. The van der Waals surface area contributed by atoms with Crippen molar-refractivity contribution in [3.05, 3.63) is 17.0 Å². The van der Waals surface area contributed by atoms with E-state index in [0.29, 0.717) is 12.5 Å². The number of aromatic nitrogens is 1. The molecule has 0 spiro atoms. The van der Waals surface area contributed by atoms with Gasteiger partial charge in [0.25, 0.3) is 0 Å². The maximum absolute atomic E-state index is 5.74. The standard InChI is InChI=1S/C12H22N4O.HI/c1-5-6-14-12(13)15-7-8(2)11-9(3)16-17-10(11)4;/h8H,5-7H2,1-4H3,(H3,13,14,15);1H. The number of hydrogen-bond donors (Lipinski definition) is 2. The molecule has 1 aromatic rings. The summed E-state index contributed by atoms with van der Waals surface area (Å²) < 4.78 is 5.14. The van der Waals surface area contributed by atoms with E-state index in [0.717, 1.165) is 30.0 Å². The zero-order chi connectivity index (χ0) is 12.8. The van der Waals surface area contributed by atoms with Gasteiger partial charge in [-0.2, -0.15) is 0 Å². The highest BCUT2D eigenvalue weighted by molar-refractivity contribution is 14.0. The maximum Gasteiger partial charge on any atom is 0.188 e. The van der Waals surface area contributed by atoms with Crippen LogP contribution in [0.1, 0.15) is 43.2 Å². The summed E-state index contributed by atoms with van der Waals surface area (Å²) in [5, 5.41) is 6.99. The van der Waals surface area contributed by atoms with Crippen molar-refractivity contribution in [2.45, 2.75) is 40.0 Å². The van der Waals surface area contributed by atoms with Gasteiger partial charge in [0.15, 0.2) is 5.96 Å². The third kappa shape index (κ3) is 4.83. The fraction of sp³-hybridized carbons (Fsp3) is 0.667. The molecular weight excluding hydrogens is 343 g/mol. The van der Waals surface area contributed by atoms with Crippen LogP contribution in [-0.2, 0) is 0 Å². The van der Waals surface area contributed by atoms with Crippen molar-refractivity contribution in [1.29, 1.82) is 0 Å². The second kappa shape index (κ2) is 8.34. The lowest BCUT2D eigenvalue weighted by Gasteiger charge is -2.09. The van der Waals surface area contributed by atoms with E-state index in [1.54, 1.807) is 0 Å². The Morgan fingerprint density at radius 2 is 2.17 bits per heavy atom. The molecule has 0 saturated carbocycles. The van der Waals surface area contributed by atoms with Crippen molar-refractivity contribution in [3.8, 4) is 0 Å². The van der Waals surface area contributed by atoms with Gasteiger partial charge < -0.3 is 15.6 Å². The predicted molar refractivity (Wildman–Crippen MR) is 84.6 cm³/mol. The normalized spacial score (nSPS) is 13.0. The average molecular weight is 366 g/mol. The summed E-state index contributed by atoms with van der Waals surface area (Å²) in [7, 11) is 0. The van der Waals surface area contributed by atoms with Crippen LogP contribution < -0.4 is 11.1 Å². The number of guanidine groups is 1. The van der Waals surface area contributed by atoms with Crippen LogP contribution >= 0.6 is 24.0 Å². The van der Waals surface area contributed by atoms with Gasteiger partial charge in [0, 0.05) is 24.6 Å². The monoisotopic (exact) mass is 366 g/mol. The van der Waals surface area contributed by atoms with Gasteiger partial charge in [-0.05, 0) is 20.3 Å². The SMILES string of the molecule is CCCNC(N)=NCC(C)c1c(C)noc1C.I. The van der Waals surface area contributed by atoms with Crippen molar-refractivity contribution in [2.24, 2.45) is 10.7 Å². The first-order valence-corrected chi connectivity index (χ1v) is 6.02. The van der Waals surface area contributed by atoms with Crippen LogP contribution in [-0.4, -0.2) is 24.2 Å². The first-order chi connectivity index (χ1) is 8.06. The summed E-state index contributed by atoms with van der Waals surface area (Å²) in [6.45, 7) is 9.56. The van der Waals surface area contributed by atoms with E-state index in [4.69, 9.17) is 10.3 Å². The van der Waals surface area contributed by atoms with Crippen LogP contribution in [0.4, 0.5) is 0 Å². The number of aryl methyl sites for hydroxylation is 2. The molecule has 1 rings (SSSR count). The number of hydrogen-bond acceptors (Lipinski definition) is 3. The molecule has 0 aliphatic rings. The van der Waals surface area contributed by atoms with Gasteiger partial charge in [0.1, 0.15) is 5.76 Å². The van der Waals surface area contributed by atoms with Crippen molar-refractivity contribution in [2.75, 3.05) is 13.1 Å². The number of halogens is 1. The molecule has 6 heteroatoms. The Hall–Kier alpha value is -0.790. The Bertz CT molecular complexity index is 370. The highest BCUT2D eigenvalue weighted by atomic mass is 127. The van der Waals surface area contributed by atoms with E-state index in [1.165, 1.54) is 0 Å². The van der Waals surface area contributed by atoms with Gasteiger partial charge in [-0.3, -0.25) is 4.99 Å². The van der Waals surface area contributed by atoms with Gasteiger partial charge in [0.2, 0.25) is 0 Å². The number of nitrogens with two attached hydrogens (primary N) is 1. The summed E-state index contributed by atoms with van der Waals surface area (Å²) in [4.78, 5) is 4.31. The molecule has 0 aliphatic carbocycles. The molecule has 1 unspecified atom stereocenters. The molecule has 1 atom stereocenters. The molecule has 0 amide bonds. The predicted octanol–water partition coefficient (Wildman–Crippen LogP) is 2.33. The Kier molecular flexibility index (Phi) is 7.97. The maximum atomic E-state index is 5.74. The third-order valence-electron chi connectivity index (χ3n) is 2.67. The first kappa shape index (κ1) is 17.2. The largest absolute Gasteiger partial charge is 0.370 e. The van der Waals surface area contributed by atoms with E-state index < -0.39 is 0 Å². The molecule has 5 nitrogen and oxygen atoms in total. The van der Waals surface area contributed by atoms with Crippen LogP contribution in [0, 0.1) is 13.8 Å².